The molecule has 2 aliphatic rings. The molecule has 0 N–H and O–H groups in total. The maximum absolute atomic E-state index is 11.8. The Balaban J connectivity index is 2.04. The van der Waals surface area contributed by atoms with Crippen molar-refractivity contribution in [2.24, 2.45) is 0 Å². The summed E-state index contributed by atoms with van der Waals surface area (Å²) in [5.41, 5.74) is 0. The minimum absolute atomic E-state index is 0.0781. The van der Waals surface area contributed by atoms with Crippen LogP contribution in [0.2, 0.25) is 0 Å². The van der Waals surface area contributed by atoms with E-state index in [1.807, 2.05) is 0 Å². The zero-order valence-corrected chi connectivity index (χ0v) is 8.42. The molecule has 2 rings (SSSR count). The van der Waals surface area contributed by atoms with Gasteiger partial charge in [-0.05, 0) is 19.3 Å². The topological polar surface area (TPSA) is 46.6 Å². The predicted molar refractivity (Wildman–Crippen MR) is 49.0 cm³/mol. The van der Waals surface area contributed by atoms with Gasteiger partial charge in [-0.15, -0.1) is 0 Å². The lowest BCUT2D eigenvalue weighted by Crippen LogP contribution is -2.35. The highest BCUT2D eigenvalue weighted by Crippen LogP contribution is 2.31. The SMILES string of the molecule is O=S(=O)(C1CC1)N1CCCOCC1. The molecule has 13 heavy (non-hydrogen) atoms. The normalized spacial score (nSPS) is 27.1. The van der Waals surface area contributed by atoms with Crippen LogP contribution in [0.15, 0.2) is 0 Å². The van der Waals surface area contributed by atoms with Crippen LogP contribution in [0.1, 0.15) is 19.3 Å². The molecule has 1 aliphatic carbocycles. The first kappa shape index (κ1) is 9.43. The van der Waals surface area contributed by atoms with E-state index < -0.39 is 10.0 Å². The number of nitrogens with zero attached hydrogens (tertiary/aromatic N) is 1. The first-order chi connectivity index (χ1) is 6.21. The summed E-state index contributed by atoms with van der Waals surface area (Å²) in [6.45, 7) is 2.42. The Morgan fingerprint density at radius 1 is 1.15 bits per heavy atom. The van der Waals surface area contributed by atoms with Gasteiger partial charge in [0.2, 0.25) is 10.0 Å². The smallest absolute Gasteiger partial charge is 0.217 e. The molecule has 0 aromatic rings. The summed E-state index contributed by atoms with van der Waals surface area (Å²) in [6.07, 6.45) is 2.52. The van der Waals surface area contributed by atoms with E-state index in [9.17, 15) is 8.42 Å². The molecular weight excluding hydrogens is 190 g/mol. The molecule has 0 aromatic carbocycles. The van der Waals surface area contributed by atoms with E-state index in [1.165, 1.54) is 0 Å². The van der Waals surface area contributed by atoms with Crippen LogP contribution in [-0.4, -0.2) is 44.3 Å². The molecule has 1 saturated heterocycles. The van der Waals surface area contributed by atoms with Gasteiger partial charge in [0.1, 0.15) is 0 Å². The third-order valence-electron chi connectivity index (χ3n) is 2.49. The van der Waals surface area contributed by atoms with Crippen LogP contribution in [0.25, 0.3) is 0 Å². The summed E-state index contributed by atoms with van der Waals surface area (Å²) in [7, 11) is -2.96. The quantitative estimate of drug-likeness (QED) is 0.647. The molecule has 1 saturated carbocycles. The van der Waals surface area contributed by atoms with Crippen LogP contribution in [0, 0.1) is 0 Å². The molecule has 1 aliphatic heterocycles. The number of hydrogen-bond donors (Lipinski definition) is 0. The van der Waals surface area contributed by atoms with Gasteiger partial charge < -0.3 is 4.74 Å². The van der Waals surface area contributed by atoms with Gasteiger partial charge >= 0.3 is 0 Å². The summed E-state index contributed by atoms with van der Waals surface area (Å²) in [4.78, 5) is 0. The van der Waals surface area contributed by atoms with E-state index in [0.29, 0.717) is 26.3 Å². The van der Waals surface area contributed by atoms with Crippen molar-refractivity contribution < 1.29 is 13.2 Å². The second-order valence-corrected chi connectivity index (χ2v) is 5.82. The van der Waals surface area contributed by atoms with Crippen LogP contribution in [-0.2, 0) is 14.8 Å². The van der Waals surface area contributed by atoms with Gasteiger partial charge in [-0.25, -0.2) is 8.42 Å². The highest BCUT2D eigenvalue weighted by molar-refractivity contribution is 7.90. The fraction of sp³-hybridized carbons (Fsp3) is 1.00. The molecule has 0 radical (unpaired) electrons. The molecule has 0 bridgehead atoms. The van der Waals surface area contributed by atoms with Crippen molar-refractivity contribution in [3.8, 4) is 0 Å². The van der Waals surface area contributed by atoms with E-state index in [4.69, 9.17) is 4.74 Å². The monoisotopic (exact) mass is 205 g/mol. The zero-order valence-electron chi connectivity index (χ0n) is 7.61. The molecule has 0 amide bonds. The fourth-order valence-corrected chi connectivity index (χ4v) is 3.42. The second kappa shape index (κ2) is 3.55. The first-order valence-electron chi connectivity index (χ1n) is 4.78. The highest BCUT2D eigenvalue weighted by atomic mass is 32.2. The number of ether oxygens (including phenoxy) is 1. The molecule has 0 aromatic heterocycles. The van der Waals surface area contributed by atoms with Gasteiger partial charge in [0.05, 0.1) is 11.9 Å². The van der Waals surface area contributed by atoms with Crippen molar-refractivity contribution in [1.82, 2.24) is 4.31 Å². The van der Waals surface area contributed by atoms with Crippen molar-refractivity contribution in [3.05, 3.63) is 0 Å². The van der Waals surface area contributed by atoms with Crippen molar-refractivity contribution >= 4 is 10.0 Å². The van der Waals surface area contributed by atoms with Gasteiger partial charge in [-0.3, -0.25) is 0 Å². The van der Waals surface area contributed by atoms with Gasteiger partial charge in [0.25, 0.3) is 0 Å². The lowest BCUT2D eigenvalue weighted by molar-refractivity contribution is 0.148. The van der Waals surface area contributed by atoms with Gasteiger partial charge in [-0.2, -0.15) is 4.31 Å². The van der Waals surface area contributed by atoms with Crippen molar-refractivity contribution in [2.75, 3.05) is 26.3 Å². The third kappa shape index (κ3) is 2.03. The largest absolute Gasteiger partial charge is 0.380 e. The van der Waals surface area contributed by atoms with Crippen LogP contribution in [0.5, 0.6) is 0 Å². The fourth-order valence-electron chi connectivity index (χ4n) is 1.55. The summed E-state index contributed by atoms with van der Waals surface area (Å²) < 4.78 is 30.4. The summed E-state index contributed by atoms with van der Waals surface area (Å²) in [6, 6.07) is 0. The summed E-state index contributed by atoms with van der Waals surface area (Å²) >= 11 is 0. The molecule has 0 unspecified atom stereocenters. The van der Waals surface area contributed by atoms with Crippen molar-refractivity contribution in [1.29, 1.82) is 0 Å². The molecule has 76 valence electrons. The Hall–Kier alpha value is -0.130. The summed E-state index contributed by atoms with van der Waals surface area (Å²) in [5, 5.41) is -0.0781. The van der Waals surface area contributed by atoms with Gasteiger partial charge in [-0.1, -0.05) is 0 Å². The summed E-state index contributed by atoms with van der Waals surface area (Å²) in [5.74, 6) is 0. The Bertz CT molecular complexity index is 263. The van der Waals surface area contributed by atoms with E-state index in [1.54, 1.807) is 4.31 Å². The Labute approximate surface area is 78.9 Å². The van der Waals surface area contributed by atoms with Crippen molar-refractivity contribution in [2.45, 2.75) is 24.5 Å². The maximum Gasteiger partial charge on any atom is 0.217 e. The predicted octanol–water partition coefficient (Wildman–Crippen LogP) is 0.201. The minimum atomic E-state index is -2.96. The molecule has 0 spiro atoms. The molecule has 4 nitrogen and oxygen atoms in total. The molecular formula is C8H15NO3S. The Morgan fingerprint density at radius 2 is 1.92 bits per heavy atom. The molecule has 1 heterocycles. The third-order valence-corrected chi connectivity index (χ3v) is 4.89. The standard InChI is InChI=1S/C8H15NO3S/c10-13(11,8-2-3-8)9-4-1-6-12-7-5-9/h8H,1-7H2. The average molecular weight is 205 g/mol. The van der Waals surface area contributed by atoms with E-state index in [-0.39, 0.29) is 5.25 Å². The number of hydrogen-bond acceptors (Lipinski definition) is 3. The van der Waals surface area contributed by atoms with Gasteiger partial charge in [0, 0.05) is 19.7 Å². The highest BCUT2D eigenvalue weighted by Gasteiger charge is 2.39. The van der Waals surface area contributed by atoms with Crippen LogP contribution in [0.4, 0.5) is 0 Å². The second-order valence-electron chi connectivity index (χ2n) is 3.61. The Kier molecular flexibility index (Phi) is 2.58. The first-order valence-corrected chi connectivity index (χ1v) is 6.28. The molecule has 5 heteroatoms. The molecule has 2 fully saturated rings. The van der Waals surface area contributed by atoms with Crippen LogP contribution in [0.3, 0.4) is 0 Å². The zero-order chi connectivity index (χ0) is 9.31. The van der Waals surface area contributed by atoms with E-state index in [0.717, 1.165) is 19.3 Å². The lowest BCUT2D eigenvalue weighted by atomic mass is 10.5. The average Bonchev–Trinajstić information content (AvgIpc) is 2.93. The number of rotatable bonds is 2. The molecule has 0 atom stereocenters. The van der Waals surface area contributed by atoms with Gasteiger partial charge in [0.15, 0.2) is 0 Å². The maximum atomic E-state index is 11.8. The van der Waals surface area contributed by atoms with Crippen LogP contribution < -0.4 is 0 Å². The van der Waals surface area contributed by atoms with E-state index >= 15 is 0 Å². The lowest BCUT2D eigenvalue weighted by Gasteiger charge is -2.18. The Morgan fingerprint density at radius 3 is 2.62 bits per heavy atom. The number of sulfonamides is 1. The van der Waals surface area contributed by atoms with Crippen LogP contribution >= 0.6 is 0 Å². The van der Waals surface area contributed by atoms with E-state index in [2.05, 4.69) is 0 Å². The van der Waals surface area contributed by atoms with Crippen molar-refractivity contribution in [3.63, 3.8) is 0 Å². The minimum Gasteiger partial charge on any atom is -0.380 e.